The van der Waals surface area contributed by atoms with Crippen LogP contribution in [0.4, 0.5) is 4.79 Å². The van der Waals surface area contributed by atoms with Gasteiger partial charge in [-0.15, -0.1) is 0 Å². The molecule has 6 nitrogen and oxygen atoms in total. The Morgan fingerprint density at radius 3 is 2.38 bits per heavy atom. The molecule has 0 aromatic heterocycles. The molecule has 1 saturated carbocycles. The minimum Gasteiger partial charge on any atom is -0.319 e. The molecule has 26 heavy (non-hydrogen) atoms. The van der Waals surface area contributed by atoms with Crippen LogP contribution in [0.3, 0.4) is 0 Å². The highest BCUT2D eigenvalue weighted by molar-refractivity contribution is 7.90. The number of hydrogen-bond donors (Lipinski definition) is 1. The second-order valence-electron chi connectivity index (χ2n) is 7.49. The van der Waals surface area contributed by atoms with E-state index in [9.17, 15) is 18.0 Å². The predicted molar refractivity (Wildman–Crippen MR) is 100 cm³/mol. The zero-order valence-corrected chi connectivity index (χ0v) is 16.8. The van der Waals surface area contributed by atoms with Crippen molar-refractivity contribution < 1.29 is 18.0 Å². The van der Waals surface area contributed by atoms with Gasteiger partial charge in [-0.3, -0.25) is 9.69 Å². The van der Waals surface area contributed by atoms with Crippen LogP contribution in [0.25, 0.3) is 0 Å². The third-order valence-electron chi connectivity index (χ3n) is 5.22. The molecule has 1 N–H and O–H groups in total. The molecular formula is C17H20Cl2N2O4S. The van der Waals surface area contributed by atoms with Gasteiger partial charge in [0.2, 0.25) is 0 Å². The summed E-state index contributed by atoms with van der Waals surface area (Å²) >= 11 is 12.1. The number of urea groups is 1. The Morgan fingerprint density at radius 1 is 1.23 bits per heavy atom. The fraction of sp³-hybridized carbons (Fsp3) is 0.529. The molecule has 1 aliphatic heterocycles. The van der Waals surface area contributed by atoms with E-state index >= 15 is 0 Å². The Morgan fingerprint density at radius 2 is 1.88 bits per heavy atom. The average molecular weight is 419 g/mol. The van der Waals surface area contributed by atoms with Gasteiger partial charge in [0, 0.05) is 33.8 Å². The van der Waals surface area contributed by atoms with E-state index in [2.05, 4.69) is 5.32 Å². The topological polar surface area (TPSA) is 83.6 Å². The van der Waals surface area contributed by atoms with Crippen molar-refractivity contribution in [3.8, 4) is 0 Å². The monoisotopic (exact) mass is 418 g/mol. The summed E-state index contributed by atoms with van der Waals surface area (Å²) in [6.07, 6.45) is 3.42. The van der Waals surface area contributed by atoms with Crippen molar-refractivity contribution in [3.05, 3.63) is 33.8 Å². The number of nitrogens with one attached hydrogen (secondary N) is 1. The van der Waals surface area contributed by atoms with Crippen molar-refractivity contribution >= 4 is 45.0 Å². The lowest BCUT2D eigenvalue weighted by atomic mass is 9.70. The molecule has 3 amide bonds. The second kappa shape index (κ2) is 6.39. The number of halogens is 2. The van der Waals surface area contributed by atoms with E-state index in [0.29, 0.717) is 23.4 Å². The highest BCUT2D eigenvalue weighted by Crippen LogP contribution is 2.44. The third-order valence-corrected chi connectivity index (χ3v) is 6.91. The smallest absolute Gasteiger partial charge is 0.319 e. The van der Waals surface area contributed by atoms with E-state index in [0.717, 1.165) is 11.3 Å². The molecule has 0 unspecified atom stereocenters. The van der Waals surface area contributed by atoms with E-state index in [1.807, 2.05) is 0 Å². The first-order chi connectivity index (χ1) is 12.0. The molecule has 1 saturated heterocycles. The number of imide groups is 1. The van der Waals surface area contributed by atoms with Crippen molar-refractivity contribution in [2.75, 3.05) is 18.6 Å². The van der Waals surface area contributed by atoms with Crippen LogP contribution >= 0.6 is 23.2 Å². The number of carbonyl (C=O) groups excluding carboxylic acids is 2. The standard InChI is InChI=1S/C17H20Cl2N2O4S/c1-16(12-5-4-11(18)8-13(12)19)14(22)21(15(23)20-16)9-17(6-3-7-17)10-26(2,24)25/h4-5,8H,3,6-7,9-10H2,1-2H3,(H,20,23)/t16-/m1/s1. The number of amides is 3. The molecule has 1 aromatic carbocycles. The van der Waals surface area contributed by atoms with Crippen LogP contribution in [-0.4, -0.2) is 43.8 Å². The molecule has 3 rings (SSSR count). The van der Waals surface area contributed by atoms with Gasteiger partial charge in [0.15, 0.2) is 0 Å². The normalized spacial score (nSPS) is 25.2. The molecular weight excluding hydrogens is 399 g/mol. The number of nitrogens with zero attached hydrogens (tertiary/aromatic N) is 1. The molecule has 0 bridgehead atoms. The fourth-order valence-electron chi connectivity index (χ4n) is 3.83. The molecule has 2 fully saturated rings. The van der Waals surface area contributed by atoms with Crippen LogP contribution in [0, 0.1) is 5.41 Å². The van der Waals surface area contributed by atoms with E-state index in [1.54, 1.807) is 19.1 Å². The zero-order chi connectivity index (χ0) is 19.3. The van der Waals surface area contributed by atoms with Crippen molar-refractivity contribution in [1.82, 2.24) is 10.2 Å². The van der Waals surface area contributed by atoms with Crippen LogP contribution in [0.1, 0.15) is 31.7 Å². The zero-order valence-electron chi connectivity index (χ0n) is 14.5. The lowest BCUT2D eigenvalue weighted by Crippen LogP contribution is -2.49. The van der Waals surface area contributed by atoms with E-state index in [1.165, 1.54) is 12.3 Å². The number of sulfone groups is 1. The third kappa shape index (κ3) is 3.44. The van der Waals surface area contributed by atoms with E-state index in [-0.39, 0.29) is 17.3 Å². The van der Waals surface area contributed by atoms with Gasteiger partial charge in [-0.2, -0.15) is 0 Å². The number of benzene rings is 1. The first-order valence-electron chi connectivity index (χ1n) is 8.23. The first-order valence-corrected chi connectivity index (χ1v) is 11.0. The average Bonchev–Trinajstić information content (AvgIpc) is 2.67. The molecule has 0 radical (unpaired) electrons. The highest BCUT2D eigenvalue weighted by Gasteiger charge is 2.53. The molecule has 1 aromatic rings. The summed E-state index contributed by atoms with van der Waals surface area (Å²) in [7, 11) is -3.22. The lowest BCUT2D eigenvalue weighted by Gasteiger charge is -2.43. The minimum atomic E-state index is -3.22. The molecule has 1 aliphatic carbocycles. The largest absolute Gasteiger partial charge is 0.325 e. The number of carbonyl (C=O) groups is 2. The molecule has 142 valence electrons. The lowest BCUT2D eigenvalue weighted by molar-refractivity contribution is -0.132. The Balaban J connectivity index is 1.89. The molecule has 1 heterocycles. The van der Waals surface area contributed by atoms with Crippen molar-refractivity contribution in [2.24, 2.45) is 5.41 Å². The van der Waals surface area contributed by atoms with Gasteiger partial charge in [-0.25, -0.2) is 13.2 Å². The van der Waals surface area contributed by atoms with Crippen LogP contribution in [0.15, 0.2) is 18.2 Å². The van der Waals surface area contributed by atoms with Crippen LogP contribution in [0.2, 0.25) is 10.0 Å². The highest BCUT2D eigenvalue weighted by atomic mass is 35.5. The fourth-order valence-corrected chi connectivity index (χ4v) is 5.92. The Hall–Kier alpha value is -1.31. The van der Waals surface area contributed by atoms with Crippen LogP contribution in [-0.2, 0) is 20.2 Å². The van der Waals surface area contributed by atoms with Gasteiger partial charge >= 0.3 is 6.03 Å². The number of hydrogen-bond acceptors (Lipinski definition) is 4. The van der Waals surface area contributed by atoms with Gasteiger partial charge in [-0.1, -0.05) is 35.7 Å². The van der Waals surface area contributed by atoms with Gasteiger partial charge in [0.05, 0.1) is 5.75 Å². The summed E-state index contributed by atoms with van der Waals surface area (Å²) in [4.78, 5) is 26.7. The van der Waals surface area contributed by atoms with Crippen molar-refractivity contribution in [2.45, 2.75) is 31.7 Å². The maximum absolute atomic E-state index is 13.1. The van der Waals surface area contributed by atoms with Gasteiger partial charge < -0.3 is 5.32 Å². The summed E-state index contributed by atoms with van der Waals surface area (Å²) in [5, 5.41) is 3.41. The van der Waals surface area contributed by atoms with Gasteiger partial charge in [0.25, 0.3) is 5.91 Å². The minimum absolute atomic E-state index is 0.0323. The maximum Gasteiger partial charge on any atom is 0.325 e. The SMILES string of the molecule is C[C@]1(c2ccc(Cl)cc2Cl)NC(=O)N(CC2(CS(C)(=O)=O)CCC2)C1=O. The molecule has 9 heteroatoms. The molecule has 0 spiro atoms. The van der Waals surface area contributed by atoms with Crippen LogP contribution < -0.4 is 5.32 Å². The summed E-state index contributed by atoms with van der Waals surface area (Å²) < 4.78 is 23.5. The summed E-state index contributed by atoms with van der Waals surface area (Å²) in [6.45, 7) is 1.68. The molecule has 1 atom stereocenters. The number of rotatable bonds is 5. The van der Waals surface area contributed by atoms with Crippen molar-refractivity contribution in [3.63, 3.8) is 0 Å². The van der Waals surface area contributed by atoms with E-state index in [4.69, 9.17) is 23.2 Å². The first kappa shape index (κ1) is 19.5. The summed E-state index contributed by atoms with van der Waals surface area (Å²) in [5.41, 5.74) is -1.42. The van der Waals surface area contributed by atoms with Crippen molar-refractivity contribution in [1.29, 1.82) is 0 Å². The predicted octanol–water partition coefficient (Wildman–Crippen LogP) is 2.98. The van der Waals surface area contributed by atoms with Crippen LogP contribution in [0.5, 0.6) is 0 Å². The maximum atomic E-state index is 13.1. The summed E-state index contributed by atoms with van der Waals surface area (Å²) in [6, 6.07) is 4.20. The summed E-state index contributed by atoms with van der Waals surface area (Å²) in [5.74, 6) is -0.471. The Labute approximate surface area is 162 Å². The second-order valence-corrected chi connectivity index (χ2v) is 10.5. The van der Waals surface area contributed by atoms with Gasteiger partial charge in [0.1, 0.15) is 15.4 Å². The molecule has 2 aliphatic rings. The quantitative estimate of drug-likeness (QED) is 0.744. The Kier molecular flexibility index (Phi) is 4.78. The van der Waals surface area contributed by atoms with Gasteiger partial charge in [-0.05, 0) is 31.9 Å². The van der Waals surface area contributed by atoms with E-state index < -0.39 is 32.7 Å². The Bertz CT molecular complexity index is 883.